The molecular weight excluding hydrogens is 652 g/mol. The van der Waals surface area contributed by atoms with E-state index in [1.165, 1.54) is 21.1 Å². The molecule has 3 heterocycles. The average Bonchev–Trinajstić information content (AvgIpc) is 3.39. The summed E-state index contributed by atoms with van der Waals surface area (Å²) < 4.78 is 87.5. The Labute approximate surface area is 285 Å². The van der Waals surface area contributed by atoms with Crippen molar-refractivity contribution in [1.29, 1.82) is 0 Å². The Kier molecular flexibility index (Phi) is 11.9. The van der Waals surface area contributed by atoms with Crippen molar-refractivity contribution in [3.8, 4) is 11.3 Å². The summed E-state index contributed by atoms with van der Waals surface area (Å²) in [6.45, 7) is -1.22. The fourth-order valence-corrected chi connectivity index (χ4v) is 5.12. The molecule has 0 radical (unpaired) electrons. The van der Waals surface area contributed by atoms with E-state index in [9.17, 15) is 50.7 Å². The Morgan fingerprint density at radius 3 is 2.33 bits per heavy atom. The van der Waals surface area contributed by atoms with E-state index >= 15 is 0 Å². The van der Waals surface area contributed by atoms with Gasteiger partial charge in [0.15, 0.2) is 10.4 Å². The fourth-order valence-electron chi connectivity index (χ4n) is 3.96. The second-order valence-electron chi connectivity index (χ2n) is 8.48. The van der Waals surface area contributed by atoms with Crippen LogP contribution in [0.3, 0.4) is 0 Å². The Morgan fingerprint density at radius 1 is 1.12 bits per heavy atom. The average molecular weight is 668 g/mol. The van der Waals surface area contributed by atoms with Crippen molar-refractivity contribution in [2.45, 2.75) is 19.3 Å². The number of thiazole rings is 1. The van der Waals surface area contributed by atoms with Gasteiger partial charge in [0, 0.05) is 32.1 Å². The van der Waals surface area contributed by atoms with Gasteiger partial charge in [0.2, 0.25) is 0 Å². The van der Waals surface area contributed by atoms with Crippen LogP contribution in [0.25, 0.3) is 22.3 Å². The van der Waals surface area contributed by atoms with Crippen LogP contribution in [-0.2, 0) is 54.4 Å². The van der Waals surface area contributed by atoms with E-state index in [1.807, 2.05) is 0 Å². The van der Waals surface area contributed by atoms with Gasteiger partial charge in [-0.15, -0.1) is 11.3 Å². The molecule has 3 aromatic heterocycles. The molecule has 0 unspecified atom stereocenters. The van der Waals surface area contributed by atoms with Gasteiger partial charge >= 0.3 is 71.0 Å². The topological polar surface area (TPSA) is 169 Å². The Hall–Kier alpha value is -1.77. The number of hydrogen-bond donors (Lipinski definition) is 0. The summed E-state index contributed by atoms with van der Waals surface area (Å²) in [4.78, 5) is 63.4. The number of phosphoric acid groups is 1. The number of fused-ring (bicyclic) bond motifs is 1. The van der Waals surface area contributed by atoms with Crippen molar-refractivity contribution < 1.29 is 105 Å². The molecule has 220 valence electrons. The van der Waals surface area contributed by atoms with Gasteiger partial charge in [0.1, 0.15) is 29.3 Å². The van der Waals surface area contributed by atoms with Gasteiger partial charge < -0.3 is 18.9 Å². The maximum Gasteiger partial charge on any atom is 1.00 e. The van der Waals surface area contributed by atoms with E-state index in [0.717, 1.165) is 19.2 Å². The second kappa shape index (κ2) is 13.7. The summed E-state index contributed by atoms with van der Waals surface area (Å²) in [7, 11) is -1.72. The quantitative estimate of drug-likeness (QED) is 0.111. The summed E-state index contributed by atoms with van der Waals surface area (Å²) in [5.74, 6) is -4.94. The van der Waals surface area contributed by atoms with Gasteiger partial charge in [-0.3, -0.25) is 28.0 Å². The van der Waals surface area contributed by atoms with Crippen molar-refractivity contribution in [2.24, 2.45) is 26.1 Å². The molecule has 0 aliphatic rings. The third-order valence-electron chi connectivity index (χ3n) is 5.89. The molecule has 4 rings (SSSR count). The molecule has 22 heteroatoms. The molecule has 0 saturated carbocycles. The van der Waals surface area contributed by atoms with E-state index in [2.05, 4.69) is 14.6 Å². The van der Waals surface area contributed by atoms with E-state index in [4.69, 9.17) is 0 Å². The molecule has 0 atom stereocenters. The van der Waals surface area contributed by atoms with Crippen molar-refractivity contribution in [3.63, 3.8) is 0 Å². The molecule has 43 heavy (non-hydrogen) atoms. The van der Waals surface area contributed by atoms with Gasteiger partial charge in [-0.25, -0.2) is 13.6 Å². The minimum atomic E-state index is -5.68. The van der Waals surface area contributed by atoms with Crippen molar-refractivity contribution in [2.75, 3.05) is 0 Å². The first kappa shape index (κ1) is 37.4. The first-order valence-electron chi connectivity index (χ1n) is 11.0. The number of benzene rings is 1. The van der Waals surface area contributed by atoms with Crippen LogP contribution in [0.15, 0.2) is 32.1 Å². The number of rotatable bonds is 6. The van der Waals surface area contributed by atoms with Gasteiger partial charge in [0.05, 0.1) is 25.6 Å². The molecule has 0 aliphatic heterocycles. The van der Waals surface area contributed by atoms with Crippen molar-refractivity contribution in [1.82, 2.24) is 23.5 Å². The van der Waals surface area contributed by atoms with Crippen LogP contribution in [0.2, 0.25) is 0 Å². The van der Waals surface area contributed by atoms with E-state index in [1.54, 1.807) is 0 Å². The minimum absolute atomic E-state index is 0. The summed E-state index contributed by atoms with van der Waals surface area (Å²) in [5, 5.41) is 4.99. The van der Waals surface area contributed by atoms with Crippen molar-refractivity contribution >= 4 is 36.1 Å². The van der Waals surface area contributed by atoms with Crippen LogP contribution in [0.4, 0.5) is 22.0 Å². The number of carbonyl (C=O) groups excluding carboxylic acids is 1. The second-order valence-corrected chi connectivity index (χ2v) is 10.5. The van der Waals surface area contributed by atoms with E-state index in [-0.39, 0.29) is 75.8 Å². The molecule has 0 bridgehead atoms. The largest absolute Gasteiger partial charge is 1.00 e. The molecule has 1 amide bonds. The van der Waals surface area contributed by atoms with Gasteiger partial charge in [0.25, 0.3) is 11.5 Å². The zero-order valence-corrected chi connectivity index (χ0v) is 28.6. The number of alkyl halides is 3. The molecular formula is C21H16F5N6Na2O7PS. The Balaban J connectivity index is 0.00000323. The first-order chi connectivity index (χ1) is 18.9. The third-order valence-corrected chi connectivity index (χ3v) is 7.19. The number of carbonyl (C=O) groups is 1. The number of aryl methyl sites for hydroxylation is 2. The summed E-state index contributed by atoms with van der Waals surface area (Å²) >= 11 is 0.533. The standard InChI is InChI=1S/C21H18F5N6O7PS.2Na/c1-29-17-14(18(34)30(2)20(29)35)11(31(3)28-17)6-13(33)27-19-32(8-39-40(36,37)38)12(7-41-19)9-4-5-10(22)15(16(9)23)21(24,25)26;;/h4-5,7H,6,8H2,1-3H3,(H2,36,37,38);;/q;2*+1/p-2. The zero-order valence-electron chi connectivity index (χ0n) is 22.9. The van der Waals surface area contributed by atoms with Crippen LogP contribution < -0.4 is 85.0 Å². The molecule has 1 aromatic carbocycles. The smallest absolute Gasteiger partial charge is 0.790 e. The predicted molar refractivity (Wildman–Crippen MR) is 127 cm³/mol. The van der Waals surface area contributed by atoms with E-state index < -0.39 is 77.6 Å². The normalized spacial score (nSPS) is 12.4. The molecule has 0 N–H and O–H groups in total. The predicted octanol–water partition coefficient (Wildman–Crippen LogP) is -5.72. The number of nitrogens with zero attached hydrogens (tertiary/aromatic N) is 6. The number of halogens is 5. The van der Waals surface area contributed by atoms with Crippen LogP contribution in [0.1, 0.15) is 11.3 Å². The summed E-state index contributed by atoms with van der Waals surface area (Å²) in [6, 6.07) is 0.972. The zero-order chi connectivity index (χ0) is 30.6. The van der Waals surface area contributed by atoms with Crippen LogP contribution in [0.5, 0.6) is 0 Å². The molecule has 0 aliphatic carbocycles. The number of phosphoric ester groups is 1. The molecule has 13 nitrogen and oxygen atoms in total. The number of aromatic nitrogens is 5. The van der Waals surface area contributed by atoms with Crippen LogP contribution in [0, 0.1) is 11.6 Å². The first-order valence-corrected chi connectivity index (χ1v) is 13.4. The Morgan fingerprint density at radius 2 is 1.74 bits per heavy atom. The van der Waals surface area contributed by atoms with Crippen molar-refractivity contribution in [3.05, 3.63) is 66.0 Å². The number of hydrogen-bond acceptors (Lipinski definition) is 9. The SMILES string of the molecule is Cn1nc2c(c1CC(=O)N=c1scc(-c3ccc(F)c(C(F)(F)F)c3F)n1COP(=O)([O-])[O-])c(=O)n(C)c(=O)n2C.[Na+].[Na+]. The molecule has 4 aromatic rings. The van der Waals surface area contributed by atoms with Gasteiger partial charge in [-0.05, 0) is 12.1 Å². The minimum Gasteiger partial charge on any atom is -0.790 e. The van der Waals surface area contributed by atoms with Gasteiger partial charge in [-0.2, -0.15) is 23.3 Å². The number of amides is 1. The summed E-state index contributed by atoms with van der Waals surface area (Å²) in [5.41, 5.74) is -5.03. The molecule has 0 fully saturated rings. The maximum atomic E-state index is 14.9. The van der Waals surface area contributed by atoms with E-state index in [0.29, 0.717) is 28.0 Å². The fraction of sp³-hybridized carbons (Fsp3) is 0.286. The third kappa shape index (κ3) is 7.55. The van der Waals surface area contributed by atoms with Crippen LogP contribution in [-0.4, -0.2) is 29.4 Å². The molecule has 0 spiro atoms. The van der Waals surface area contributed by atoms with Gasteiger partial charge in [-0.1, -0.05) is 0 Å². The molecule has 0 saturated heterocycles. The maximum absolute atomic E-state index is 14.9. The monoisotopic (exact) mass is 668 g/mol. The van der Waals surface area contributed by atoms with Crippen LogP contribution >= 0.6 is 19.2 Å². The summed E-state index contributed by atoms with van der Waals surface area (Å²) in [6.07, 6.45) is -6.03. The Bertz CT molecular complexity index is 1960.